The van der Waals surface area contributed by atoms with Crippen molar-refractivity contribution in [3.63, 3.8) is 0 Å². The van der Waals surface area contributed by atoms with Crippen LogP contribution in [0.5, 0.6) is 0 Å². The summed E-state index contributed by atoms with van der Waals surface area (Å²) in [6.07, 6.45) is 11.2. The van der Waals surface area contributed by atoms with E-state index in [4.69, 9.17) is 9.68 Å². The van der Waals surface area contributed by atoms with Crippen LogP contribution in [0.2, 0.25) is 0 Å². The Labute approximate surface area is 196 Å². The van der Waals surface area contributed by atoms with E-state index in [1.54, 1.807) is 0 Å². The van der Waals surface area contributed by atoms with Gasteiger partial charge in [0.25, 0.3) is 0 Å². The largest absolute Gasteiger partial charge is 0.422 e. The molecule has 3 aromatic rings. The van der Waals surface area contributed by atoms with Gasteiger partial charge in [0.2, 0.25) is 0 Å². The van der Waals surface area contributed by atoms with E-state index in [2.05, 4.69) is 36.9 Å². The highest BCUT2D eigenvalue weighted by Crippen LogP contribution is 2.26. The third-order valence-corrected chi connectivity index (χ3v) is 5.66. The van der Waals surface area contributed by atoms with Gasteiger partial charge in [0, 0.05) is 36.7 Å². The first-order valence-electron chi connectivity index (χ1n) is 11.7. The molecule has 0 unspecified atom stereocenters. The summed E-state index contributed by atoms with van der Waals surface area (Å²) in [5.41, 5.74) is 5.02. The average molecular weight is 441 g/mol. The van der Waals surface area contributed by atoms with Crippen LogP contribution in [0.3, 0.4) is 0 Å². The van der Waals surface area contributed by atoms with Gasteiger partial charge in [-0.15, -0.1) is 0 Å². The highest BCUT2D eigenvalue weighted by Gasteiger charge is 2.12. The predicted molar refractivity (Wildman–Crippen MR) is 139 cm³/mol. The zero-order valence-electron chi connectivity index (χ0n) is 19.8. The van der Waals surface area contributed by atoms with Gasteiger partial charge in [-0.1, -0.05) is 56.3 Å². The molecule has 0 radical (unpaired) electrons. The fourth-order valence-electron chi connectivity index (χ4n) is 3.92. The number of unbranched alkanes of at least 4 members (excludes halogenated alkanes) is 1. The molecule has 0 amide bonds. The lowest BCUT2D eigenvalue weighted by molar-refractivity contribution is 0.558. The van der Waals surface area contributed by atoms with Crippen LogP contribution in [0.1, 0.15) is 61.8 Å². The molecule has 3 rings (SSSR count). The van der Waals surface area contributed by atoms with Gasteiger partial charge in [-0.3, -0.25) is 0 Å². The van der Waals surface area contributed by atoms with Crippen LogP contribution in [-0.2, 0) is 0 Å². The summed E-state index contributed by atoms with van der Waals surface area (Å²) in [5.74, 6) is 0. The molecule has 0 N–H and O–H groups in total. The molecule has 1 heterocycles. The Bertz CT molecular complexity index is 1220. The minimum Gasteiger partial charge on any atom is -0.422 e. The summed E-state index contributed by atoms with van der Waals surface area (Å²) >= 11 is 0. The molecular formula is C29H32N2O2. The van der Waals surface area contributed by atoms with Crippen LogP contribution in [-0.4, -0.2) is 13.1 Å². The Morgan fingerprint density at radius 2 is 1.64 bits per heavy atom. The number of aryl methyl sites for hydroxylation is 1. The van der Waals surface area contributed by atoms with Crippen LogP contribution >= 0.6 is 0 Å². The summed E-state index contributed by atoms with van der Waals surface area (Å²) in [7, 11) is 0. The molecule has 0 spiro atoms. The van der Waals surface area contributed by atoms with Gasteiger partial charge in [0.1, 0.15) is 5.58 Å². The number of hydrogen-bond donors (Lipinski definition) is 0. The van der Waals surface area contributed by atoms with E-state index >= 15 is 0 Å². The maximum absolute atomic E-state index is 12.8. The minimum atomic E-state index is -0.317. The third kappa shape index (κ3) is 6.23. The van der Waals surface area contributed by atoms with Gasteiger partial charge in [-0.2, -0.15) is 5.26 Å². The highest BCUT2D eigenvalue weighted by atomic mass is 16.4. The minimum absolute atomic E-state index is 0.317. The summed E-state index contributed by atoms with van der Waals surface area (Å²) in [5, 5.41) is 9.56. The maximum Gasteiger partial charge on any atom is 0.343 e. The van der Waals surface area contributed by atoms with Crippen molar-refractivity contribution in [3.05, 3.63) is 81.2 Å². The van der Waals surface area contributed by atoms with Gasteiger partial charge >= 0.3 is 5.63 Å². The first-order valence-corrected chi connectivity index (χ1v) is 11.7. The number of anilines is 1. The van der Waals surface area contributed by atoms with Crippen molar-refractivity contribution in [2.75, 3.05) is 18.0 Å². The molecular weight excluding hydrogens is 408 g/mol. The molecule has 0 saturated carbocycles. The van der Waals surface area contributed by atoms with E-state index in [0.717, 1.165) is 60.1 Å². The van der Waals surface area contributed by atoms with E-state index in [1.807, 2.05) is 61.6 Å². The van der Waals surface area contributed by atoms with Crippen molar-refractivity contribution >= 4 is 34.9 Å². The van der Waals surface area contributed by atoms with Crippen LogP contribution in [0, 0.1) is 18.3 Å². The fraction of sp³-hybridized carbons (Fsp3) is 0.310. The number of nitriles is 1. The van der Waals surface area contributed by atoms with Crippen molar-refractivity contribution < 1.29 is 4.42 Å². The molecule has 0 bridgehead atoms. The normalized spacial score (nSPS) is 11.5. The lowest BCUT2D eigenvalue weighted by atomic mass is 10.0. The van der Waals surface area contributed by atoms with Crippen LogP contribution < -0.4 is 10.5 Å². The molecule has 0 aliphatic carbocycles. The average Bonchev–Trinajstić information content (AvgIpc) is 2.82. The van der Waals surface area contributed by atoms with E-state index in [-0.39, 0.29) is 5.63 Å². The Morgan fingerprint density at radius 1 is 0.970 bits per heavy atom. The standard InChI is InChI=1S/C29H32N2O2/c1-4-19-31(20-5-2)25-15-17-26-22(3)27(29(32)33-28(26)21-25)16-14-24-12-10-23(11-13-24)9-7-6-8-18-30/h7,9-17,21H,4-6,8,19-20H2,1-3H3/b9-7-,16-14+. The van der Waals surface area contributed by atoms with Gasteiger partial charge in [-0.05, 0) is 61.1 Å². The molecule has 0 fully saturated rings. The Morgan fingerprint density at radius 3 is 2.27 bits per heavy atom. The second kappa shape index (κ2) is 11.9. The zero-order valence-corrected chi connectivity index (χ0v) is 19.8. The van der Waals surface area contributed by atoms with E-state index in [1.165, 1.54) is 0 Å². The van der Waals surface area contributed by atoms with Crippen molar-refractivity contribution in [1.82, 2.24) is 0 Å². The Hall–Kier alpha value is -3.58. The van der Waals surface area contributed by atoms with E-state index < -0.39 is 0 Å². The lowest BCUT2D eigenvalue weighted by Gasteiger charge is -2.24. The Balaban J connectivity index is 1.84. The van der Waals surface area contributed by atoms with Crippen LogP contribution in [0.15, 0.2) is 57.8 Å². The van der Waals surface area contributed by atoms with Gasteiger partial charge in [-0.25, -0.2) is 4.79 Å². The number of rotatable bonds is 10. The van der Waals surface area contributed by atoms with Gasteiger partial charge in [0.15, 0.2) is 0 Å². The predicted octanol–water partition coefficient (Wildman–Crippen LogP) is 7.22. The van der Waals surface area contributed by atoms with E-state index in [0.29, 0.717) is 17.6 Å². The number of nitrogens with zero attached hydrogens (tertiary/aromatic N) is 2. The molecule has 33 heavy (non-hydrogen) atoms. The molecule has 2 aromatic carbocycles. The second-order valence-corrected chi connectivity index (χ2v) is 8.19. The molecule has 0 atom stereocenters. The molecule has 170 valence electrons. The fourth-order valence-corrected chi connectivity index (χ4v) is 3.92. The molecule has 0 saturated heterocycles. The van der Waals surface area contributed by atoms with E-state index in [9.17, 15) is 4.79 Å². The van der Waals surface area contributed by atoms with Crippen LogP contribution in [0.25, 0.3) is 29.2 Å². The summed E-state index contributed by atoms with van der Waals surface area (Å²) in [4.78, 5) is 15.1. The first-order chi connectivity index (χ1) is 16.1. The molecule has 4 nitrogen and oxygen atoms in total. The Kier molecular flexibility index (Phi) is 8.66. The van der Waals surface area contributed by atoms with Crippen LogP contribution in [0.4, 0.5) is 5.69 Å². The smallest absolute Gasteiger partial charge is 0.343 e. The maximum atomic E-state index is 12.8. The number of fused-ring (bicyclic) bond motifs is 1. The second-order valence-electron chi connectivity index (χ2n) is 8.19. The molecule has 4 heteroatoms. The van der Waals surface area contributed by atoms with Crippen molar-refractivity contribution in [2.24, 2.45) is 0 Å². The van der Waals surface area contributed by atoms with Crippen molar-refractivity contribution in [2.45, 2.75) is 46.5 Å². The SMILES string of the molecule is CCCN(CCC)c1ccc2c(C)c(/C=C/c3ccc(/C=C\CCC#N)cc3)c(=O)oc2c1. The highest BCUT2D eigenvalue weighted by molar-refractivity contribution is 5.87. The van der Waals surface area contributed by atoms with Gasteiger partial charge < -0.3 is 9.32 Å². The summed E-state index contributed by atoms with van der Waals surface area (Å²) in [6.45, 7) is 8.29. The van der Waals surface area contributed by atoms with Gasteiger partial charge in [0.05, 0.1) is 11.6 Å². The topological polar surface area (TPSA) is 57.2 Å². The van der Waals surface area contributed by atoms with Crippen molar-refractivity contribution in [3.8, 4) is 6.07 Å². The first kappa shape index (κ1) is 24.1. The summed E-state index contributed by atoms with van der Waals surface area (Å²) in [6, 6.07) is 16.4. The summed E-state index contributed by atoms with van der Waals surface area (Å²) < 4.78 is 5.73. The quantitative estimate of drug-likeness (QED) is 0.247. The zero-order chi connectivity index (χ0) is 23.6. The lowest BCUT2D eigenvalue weighted by Crippen LogP contribution is -2.24. The monoisotopic (exact) mass is 440 g/mol. The number of benzene rings is 2. The number of hydrogen-bond acceptors (Lipinski definition) is 4. The third-order valence-electron chi connectivity index (χ3n) is 5.66. The van der Waals surface area contributed by atoms with Crippen molar-refractivity contribution in [1.29, 1.82) is 5.26 Å². The number of allylic oxidation sites excluding steroid dienone is 1. The molecule has 0 aliphatic heterocycles. The molecule has 1 aromatic heterocycles. The molecule has 0 aliphatic rings.